The maximum atomic E-state index is 9.61. The number of ether oxygens (including phenoxy) is 1. The predicted octanol–water partition coefficient (Wildman–Crippen LogP) is 1.58. The number of hydrogen-bond acceptors (Lipinski definition) is 2. The molecule has 2 heteroatoms. The van der Waals surface area contributed by atoms with Crippen molar-refractivity contribution in [2.75, 3.05) is 13.2 Å². The fourth-order valence-electron chi connectivity index (χ4n) is 1.71. The van der Waals surface area contributed by atoms with E-state index in [2.05, 4.69) is 5.92 Å². The molecular formula is C11H18O2. The summed E-state index contributed by atoms with van der Waals surface area (Å²) in [7, 11) is 0. The SMILES string of the molecule is C#CCCCC(O)CC1CCOC1. The first kappa shape index (κ1) is 10.6. The molecule has 0 saturated carbocycles. The number of terminal acetylenes is 1. The van der Waals surface area contributed by atoms with E-state index in [1.54, 1.807) is 0 Å². The summed E-state index contributed by atoms with van der Waals surface area (Å²) in [6.45, 7) is 1.69. The van der Waals surface area contributed by atoms with Crippen LogP contribution in [0.2, 0.25) is 0 Å². The van der Waals surface area contributed by atoms with Gasteiger partial charge in [-0.15, -0.1) is 12.3 Å². The first-order chi connectivity index (χ1) is 6.33. The van der Waals surface area contributed by atoms with Crippen molar-refractivity contribution in [2.45, 2.75) is 38.2 Å². The highest BCUT2D eigenvalue weighted by atomic mass is 16.5. The zero-order valence-corrected chi connectivity index (χ0v) is 8.04. The molecule has 0 amide bonds. The van der Waals surface area contributed by atoms with Crippen molar-refractivity contribution in [3.05, 3.63) is 0 Å². The van der Waals surface area contributed by atoms with Crippen LogP contribution in [0.25, 0.3) is 0 Å². The smallest absolute Gasteiger partial charge is 0.0544 e. The van der Waals surface area contributed by atoms with Gasteiger partial charge in [-0.25, -0.2) is 0 Å². The molecule has 0 aromatic rings. The zero-order valence-electron chi connectivity index (χ0n) is 8.04. The topological polar surface area (TPSA) is 29.5 Å². The number of hydrogen-bond donors (Lipinski definition) is 1. The highest BCUT2D eigenvalue weighted by molar-refractivity contribution is 4.83. The molecule has 0 aromatic heterocycles. The van der Waals surface area contributed by atoms with Gasteiger partial charge in [-0.05, 0) is 31.6 Å². The highest BCUT2D eigenvalue weighted by Crippen LogP contribution is 2.20. The van der Waals surface area contributed by atoms with E-state index in [9.17, 15) is 5.11 Å². The number of aliphatic hydroxyl groups excluding tert-OH is 1. The van der Waals surface area contributed by atoms with E-state index in [0.717, 1.165) is 45.3 Å². The Morgan fingerprint density at radius 1 is 1.62 bits per heavy atom. The first-order valence-electron chi connectivity index (χ1n) is 5.02. The Labute approximate surface area is 80.3 Å². The van der Waals surface area contributed by atoms with Crippen molar-refractivity contribution < 1.29 is 9.84 Å². The molecule has 2 nitrogen and oxygen atoms in total. The minimum atomic E-state index is -0.181. The Bertz CT molecular complexity index is 165. The fraction of sp³-hybridized carbons (Fsp3) is 0.818. The molecule has 1 N–H and O–H groups in total. The van der Waals surface area contributed by atoms with E-state index >= 15 is 0 Å². The predicted molar refractivity (Wildman–Crippen MR) is 52.2 cm³/mol. The summed E-state index contributed by atoms with van der Waals surface area (Å²) in [6.07, 6.45) is 9.47. The van der Waals surface area contributed by atoms with Gasteiger partial charge >= 0.3 is 0 Å². The van der Waals surface area contributed by atoms with Gasteiger partial charge in [0.15, 0.2) is 0 Å². The summed E-state index contributed by atoms with van der Waals surface area (Å²) in [5, 5.41) is 9.61. The number of aliphatic hydroxyl groups is 1. The molecule has 2 atom stereocenters. The van der Waals surface area contributed by atoms with Crippen LogP contribution in [0.4, 0.5) is 0 Å². The second kappa shape index (κ2) is 6.01. The third-order valence-corrected chi connectivity index (χ3v) is 2.49. The van der Waals surface area contributed by atoms with Crippen LogP contribution in [-0.4, -0.2) is 24.4 Å². The van der Waals surface area contributed by atoms with Crippen LogP contribution < -0.4 is 0 Å². The first-order valence-corrected chi connectivity index (χ1v) is 5.02. The van der Waals surface area contributed by atoms with E-state index in [4.69, 9.17) is 11.2 Å². The normalized spacial score (nSPS) is 24.2. The summed E-state index contributed by atoms with van der Waals surface area (Å²) < 4.78 is 5.24. The molecule has 74 valence electrons. The molecule has 0 radical (unpaired) electrons. The minimum Gasteiger partial charge on any atom is -0.393 e. The van der Waals surface area contributed by atoms with E-state index in [1.165, 1.54) is 0 Å². The average molecular weight is 182 g/mol. The van der Waals surface area contributed by atoms with Crippen LogP contribution in [0.15, 0.2) is 0 Å². The Morgan fingerprint density at radius 3 is 3.08 bits per heavy atom. The van der Waals surface area contributed by atoms with Crippen LogP contribution in [0.1, 0.15) is 32.1 Å². The standard InChI is InChI=1S/C11H18O2/c1-2-3-4-5-11(12)8-10-6-7-13-9-10/h1,10-12H,3-9H2. The van der Waals surface area contributed by atoms with Gasteiger partial charge in [-0.3, -0.25) is 0 Å². The van der Waals surface area contributed by atoms with E-state index in [-0.39, 0.29) is 6.10 Å². The second-order valence-corrected chi connectivity index (χ2v) is 3.72. The Morgan fingerprint density at radius 2 is 2.46 bits per heavy atom. The Balaban J connectivity index is 2.03. The molecule has 0 aliphatic carbocycles. The van der Waals surface area contributed by atoms with Crippen molar-refractivity contribution in [1.29, 1.82) is 0 Å². The van der Waals surface area contributed by atoms with Crippen LogP contribution in [0.3, 0.4) is 0 Å². The molecular weight excluding hydrogens is 164 g/mol. The zero-order chi connectivity index (χ0) is 9.52. The Kier molecular flexibility index (Phi) is 4.88. The monoisotopic (exact) mass is 182 g/mol. The lowest BCUT2D eigenvalue weighted by Gasteiger charge is -2.13. The third kappa shape index (κ3) is 4.31. The van der Waals surface area contributed by atoms with Gasteiger partial charge in [-0.1, -0.05) is 0 Å². The van der Waals surface area contributed by atoms with Crippen molar-refractivity contribution >= 4 is 0 Å². The van der Waals surface area contributed by atoms with Gasteiger partial charge in [0.1, 0.15) is 0 Å². The number of unbranched alkanes of at least 4 members (excludes halogenated alkanes) is 1. The van der Waals surface area contributed by atoms with E-state index < -0.39 is 0 Å². The molecule has 0 bridgehead atoms. The average Bonchev–Trinajstić information content (AvgIpc) is 2.57. The molecule has 1 saturated heterocycles. The molecule has 1 aliphatic heterocycles. The summed E-state index contributed by atoms with van der Waals surface area (Å²) in [5.74, 6) is 3.15. The van der Waals surface area contributed by atoms with Gasteiger partial charge in [-0.2, -0.15) is 0 Å². The molecule has 0 spiro atoms. The number of rotatable bonds is 5. The quantitative estimate of drug-likeness (QED) is 0.516. The van der Waals surface area contributed by atoms with Crippen LogP contribution in [0.5, 0.6) is 0 Å². The lowest BCUT2D eigenvalue weighted by molar-refractivity contribution is 0.120. The molecule has 2 unspecified atom stereocenters. The summed E-state index contributed by atoms with van der Waals surface area (Å²) in [6, 6.07) is 0. The van der Waals surface area contributed by atoms with Crippen molar-refractivity contribution in [3.63, 3.8) is 0 Å². The van der Waals surface area contributed by atoms with Gasteiger partial charge in [0.05, 0.1) is 6.10 Å². The second-order valence-electron chi connectivity index (χ2n) is 3.72. The van der Waals surface area contributed by atoms with Gasteiger partial charge in [0.25, 0.3) is 0 Å². The lowest BCUT2D eigenvalue weighted by Crippen LogP contribution is -2.13. The largest absolute Gasteiger partial charge is 0.393 e. The van der Waals surface area contributed by atoms with Gasteiger partial charge in [0, 0.05) is 19.6 Å². The van der Waals surface area contributed by atoms with Crippen molar-refractivity contribution in [3.8, 4) is 12.3 Å². The molecule has 1 rings (SSSR count). The lowest BCUT2D eigenvalue weighted by atomic mass is 9.98. The van der Waals surface area contributed by atoms with Crippen molar-refractivity contribution in [2.24, 2.45) is 5.92 Å². The molecule has 13 heavy (non-hydrogen) atoms. The Hall–Kier alpha value is -0.520. The van der Waals surface area contributed by atoms with Crippen LogP contribution in [0, 0.1) is 18.3 Å². The molecule has 1 fully saturated rings. The van der Waals surface area contributed by atoms with Crippen molar-refractivity contribution in [1.82, 2.24) is 0 Å². The summed E-state index contributed by atoms with van der Waals surface area (Å²) in [4.78, 5) is 0. The molecule has 1 heterocycles. The molecule has 1 aliphatic rings. The fourth-order valence-corrected chi connectivity index (χ4v) is 1.71. The maximum Gasteiger partial charge on any atom is 0.0544 e. The van der Waals surface area contributed by atoms with Crippen LogP contribution in [-0.2, 0) is 4.74 Å². The summed E-state index contributed by atoms with van der Waals surface area (Å²) in [5.41, 5.74) is 0. The van der Waals surface area contributed by atoms with Gasteiger partial charge in [0.2, 0.25) is 0 Å². The minimum absolute atomic E-state index is 0.181. The maximum absolute atomic E-state index is 9.61. The van der Waals surface area contributed by atoms with Crippen LogP contribution >= 0.6 is 0 Å². The molecule has 0 aromatic carbocycles. The van der Waals surface area contributed by atoms with E-state index in [1.807, 2.05) is 0 Å². The van der Waals surface area contributed by atoms with Gasteiger partial charge < -0.3 is 9.84 Å². The highest BCUT2D eigenvalue weighted by Gasteiger charge is 2.18. The third-order valence-electron chi connectivity index (χ3n) is 2.49. The van der Waals surface area contributed by atoms with E-state index in [0.29, 0.717) is 5.92 Å². The summed E-state index contributed by atoms with van der Waals surface area (Å²) >= 11 is 0.